The van der Waals surface area contributed by atoms with Gasteiger partial charge in [-0.3, -0.25) is 0 Å². The van der Waals surface area contributed by atoms with Crippen LogP contribution in [0.25, 0.3) is 11.1 Å². The minimum Gasteiger partial charge on any atom is -0.206 e. The summed E-state index contributed by atoms with van der Waals surface area (Å²) < 4.78 is 28.9. The Morgan fingerprint density at radius 1 is 0.821 bits per heavy atom. The summed E-state index contributed by atoms with van der Waals surface area (Å²) in [6.45, 7) is 2.10. The van der Waals surface area contributed by atoms with Crippen LogP contribution in [0.5, 0.6) is 0 Å². The fourth-order valence-electron chi connectivity index (χ4n) is 2.88. The molecular formula is C25H19F2N. The molecule has 28 heavy (non-hydrogen) atoms. The van der Waals surface area contributed by atoms with Crippen molar-refractivity contribution in [3.8, 4) is 29.0 Å². The number of rotatable bonds is 4. The van der Waals surface area contributed by atoms with Gasteiger partial charge in [0.1, 0.15) is 11.6 Å². The highest BCUT2D eigenvalue weighted by Crippen LogP contribution is 2.26. The molecule has 0 unspecified atom stereocenters. The maximum absolute atomic E-state index is 14.5. The van der Waals surface area contributed by atoms with Gasteiger partial charge in [-0.05, 0) is 66.4 Å². The first-order chi connectivity index (χ1) is 13.6. The molecule has 0 bridgehead atoms. The Kier molecular flexibility index (Phi) is 6.20. The molecule has 0 heterocycles. The Bertz CT molecular complexity index is 1080. The molecule has 3 aromatic rings. The second-order valence-corrected chi connectivity index (χ2v) is 6.55. The maximum atomic E-state index is 14.5. The molecule has 0 aromatic heterocycles. The summed E-state index contributed by atoms with van der Waals surface area (Å²) in [7, 11) is 0. The van der Waals surface area contributed by atoms with Crippen LogP contribution in [0.1, 0.15) is 42.0 Å². The molecule has 0 atom stereocenters. The van der Waals surface area contributed by atoms with Crippen LogP contribution in [0.2, 0.25) is 0 Å². The number of halogens is 2. The topological polar surface area (TPSA) is 23.8 Å². The smallest absolute Gasteiger partial charge is 0.139 e. The maximum Gasteiger partial charge on any atom is 0.139 e. The van der Waals surface area contributed by atoms with Crippen LogP contribution in [0.15, 0.2) is 60.7 Å². The van der Waals surface area contributed by atoms with E-state index in [2.05, 4.69) is 18.8 Å². The lowest BCUT2D eigenvalue weighted by Gasteiger charge is -2.07. The van der Waals surface area contributed by atoms with Crippen LogP contribution in [0.4, 0.5) is 8.78 Å². The van der Waals surface area contributed by atoms with E-state index in [-0.39, 0.29) is 11.4 Å². The molecule has 0 spiro atoms. The normalized spacial score (nSPS) is 10.1. The quantitative estimate of drug-likeness (QED) is 0.498. The lowest BCUT2D eigenvalue weighted by molar-refractivity contribution is 0.621. The standard InChI is InChI=1S/C25H19F2N/c1-2-3-4-19-10-14-23(25(27)15-19)22-13-12-21(24(26)16-22)11-9-18-5-7-20(17-28)8-6-18/h5-8,10,12-16H,2-4H2,1H3. The summed E-state index contributed by atoms with van der Waals surface area (Å²) in [6.07, 6.45) is 2.91. The molecule has 0 saturated carbocycles. The molecule has 0 saturated heterocycles. The molecule has 0 fully saturated rings. The van der Waals surface area contributed by atoms with Crippen LogP contribution >= 0.6 is 0 Å². The van der Waals surface area contributed by atoms with Crippen LogP contribution < -0.4 is 0 Å². The minimum absolute atomic E-state index is 0.244. The van der Waals surface area contributed by atoms with Crippen molar-refractivity contribution in [2.45, 2.75) is 26.2 Å². The summed E-state index contributed by atoms with van der Waals surface area (Å²) in [5, 5.41) is 8.80. The third-order valence-corrected chi connectivity index (χ3v) is 4.49. The fraction of sp³-hybridized carbons (Fsp3) is 0.160. The van der Waals surface area contributed by atoms with Gasteiger partial charge in [-0.25, -0.2) is 8.78 Å². The van der Waals surface area contributed by atoms with Crippen LogP contribution in [0.3, 0.4) is 0 Å². The lowest BCUT2D eigenvalue weighted by atomic mass is 9.99. The number of hydrogen-bond donors (Lipinski definition) is 0. The lowest BCUT2D eigenvalue weighted by Crippen LogP contribution is -1.92. The molecule has 3 aromatic carbocycles. The van der Waals surface area contributed by atoms with Gasteiger partial charge in [-0.1, -0.05) is 43.4 Å². The van der Waals surface area contributed by atoms with Gasteiger partial charge in [0.2, 0.25) is 0 Å². The van der Waals surface area contributed by atoms with Gasteiger partial charge >= 0.3 is 0 Å². The van der Waals surface area contributed by atoms with Crippen molar-refractivity contribution in [2.75, 3.05) is 0 Å². The minimum atomic E-state index is -0.492. The first kappa shape index (κ1) is 19.3. The van der Waals surface area contributed by atoms with E-state index in [0.717, 1.165) is 24.8 Å². The van der Waals surface area contributed by atoms with Crippen molar-refractivity contribution in [3.63, 3.8) is 0 Å². The number of benzene rings is 3. The molecule has 0 aliphatic carbocycles. The molecular weight excluding hydrogens is 352 g/mol. The molecule has 1 nitrogen and oxygen atoms in total. The second kappa shape index (κ2) is 8.98. The number of aryl methyl sites for hydroxylation is 1. The largest absolute Gasteiger partial charge is 0.206 e. The van der Waals surface area contributed by atoms with E-state index in [4.69, 9.17) is 5.26 Å². The van der Waals surface area contributed by atoms with Crippen molar-refractivity contribution >= 4 is 0 Å². The van der Waals surface area contributed by atoms with Crippen molar-refractivity contribution in [3.05, 3.63) is 94.6 Å². The SMILES string of the molecule is CCCCc1ccc(-c2ccc(C#Cc3ccc(C#N)cc3)c(F)c2)c(F)c1. The van der Waals surface area contributed by atoms with Gasteiger partial charge < -0.3 is 0 Å². The fourth-order valence-corrected chi connectivity index (χ4v) is 2.88. The zero-order chi connectivity index (χ0) is 19.9. The Balaban J connectivity index is 1.83. The molecule has 138 valence electrons. The number of nitriles is 1. The molecule has 0 amide bonds. The molecule has 3 rings (SSSR count). The zero-order valence-electron chi connectivity index (χ0n) is 15.6. The Morgan fingerprint density at radius 3 is 2.21 bits per heavy atom. The van der Waals surface area contributed by atoms with E-state index < -0.39 is 5.82 Å². The van der Waals surface area contributed by atoms with Crippen LogP contribution in [-0.2, 0) is 6.42 Å². The Hall–Kier alpha value is -3.43. The van der Waals surface area contributed by atoms with E-state index in [1.165, 1.54) is 12.1 Å². The van der Waals surface area contributed by atoms with Gasteiger partial charge in [-0.2, -0.15) is 5.26 Å². The summed E-state index contributed by atoms with van der Waals surface area (Å²) in [5.41, 5.74) is 3.30. The molecule has 0 radical (unpaired) electrons. The number of unbranched alkanes of at least 4 members (excludes halogenated alkanes) is 1. The van der Waals surface area contributed by atoms with Gasteiger partial charge in [0.05, 0.1) is 17.2 Å². The van der Waals surface area contributed by atoms with Gasteiger partial charge in [-0.15, -0.1) is 0 Å². The van der Waals surface area contributed by atoms with Gasteiger partial charge in [0.15, 0.2) is 0 Å². The van der Waals surface area contributed by atoms with Gasteiger partial charge in [0, 0.05) is 11.1 Å². The average molecular weight is 371 g/mol. The molecule has 0 aliphatic heterocycles. The van der Waals surface area contributed by atoms with Crippen molar-refractivity contribution in [2.24, 2.45) is 0 Å². The van der Waals surface area contributed by atoms with Crippen LogP contribution in [0, 0.1) is 34.8 Å². The summed E-state index contributed by atoms with van der Waals surface area (Å²) in [4.78, 5) is 0. The number of nitrogens with zero attached hydrogens (tertiary/aromatic N) is 1. The highest BCUT2D eigenvalue weighted by Gasteiger charge is 2.09. The first-order valence-electron chi connectivity index (χ1n) is 9.21. The first-order valence-corrected chi connectivity index (χ1v) is 9.21. The number of hydrogen-bond acceptors (Lipinski definition) is 1. The van der Waals surface area contributed by atoms with E-state index in [1.807, 2.05) is 12.1 Å². The van der Waals surface area contributed by atoms with Crippen molar-refractivity contribution in [1.82, 2.24) is 0 Å². The van der Waals surface area contributed by atoms with Gasteiger partial charge in [0.25, 0.3) is 0 Å². The summed E-state index contributed by atoms with van der Waals surface area (Å²) in [5.74, 6) is 4.83. The predicted octanol–water partition coefficient (Wildman–Crippen LogP) is 6.25. The van der Waals surface area contributed by atoms with Crippen molar-refractivity contribution < 1.29 is 8.78 Å². The van der Waals surface area contributed by atoms with E-state index in [9.17, 15) is 8.78 Å². The predicted molar refractivity (Wildman–Crippen MR) is 108 cm³/mol. The highest BCUT2D eigenvalue weighted by molar-refractivity contribution is 5.66. The molecule has 0 aliphatic rings. The third kappa shape index (κ3) is 4.64. The zero-order valence-corrected chi connectivity index (χ0v) is 15.6. The van der Waals surface area contributed by atoms with E-state index >= 15 is 0 Å². The third-order valence-electron chi connectivity index (χ3n) is 4.49. The van der Waals surface area contributed by atoms with E-state index in [0.29, 0.717) is 22.3 Å². The highest BCUT2D eigenvalue weighted by atomic mass is 19.1. The monoisotopic (exact) mass is 371 g/mol. The molecule has 0 N–H and O–H groups in total. The molecule has 3 heteroatoms. The summed E-state index contributed by atoms with van der Waals surface area (Å²) in [6, 6.07) is 18.5. The van der Waals surface area contributed by atoms with Crippen molar-refractivity contribution in [1.29, 1.82) is 5.26 Å². The Labute approximate surface area is 164 Å². The van der Waals surface area contributed by atoms with Crippen LogP contribution in [-0.4, -0.2) is 0 Å². The Morgan fingerprint density at radius 2 is 1.57 bits per heavy atom. The summed E-state index contributed by atoms with van der Waals surface area (Å²) >= 11 is 0. The van der Waals surface area contributed by atoms with E-state index in [1.54, 1.807) is 42.5 Å². The average Bonchev–Trinajstić information content (AvgIpc) is 2.72. The second-order valence-electron chi connectivity index (χ2n) is 6.55.